The van der Waals surface area contributed by atoms with Crippen LogP contribution in [-0.4, -0.2) is 42.5 Å². The summed E-state index contributed by atoms with van der Waals surface area (Å²) in [6.45, 7) is 4.65. The first-order chi connectivity index (χ1) is 13.2. The highest BCUT2D eigenvalue weighted by molar-refractivity contribution is 7.89. The Labute approximate surface area is 171 Å². The van der Waals surface area contributed by atoms with Gasteiger partial charge < -0.3 is 5.32 Å². The molecule has 152 valence electrons. The second-order valence-corrected chi connectivity index (χ2v) is 9.01. The fourth-order valence-electron chi connectivity index (χ4n) is 2.50. The molecule has 1 amide bonds. The van der Waals surface area contributed by atoms with Crippen LogP contribution in [0.2, 0.25) is 5.15 Å². The summed E-state index contributed by atoms with van der Waals surface area (Å²) in [5.41, 5.74) is 1.82. The van der Waals surface area contributed by atoms with Gasteiger partial charge in [-0.15, -0.1) is 0 Å². The summed E-state index contributed by atoms with van der Waals surface area (Å²) in [5, 5.41) is 7.55. The zero-order valence-corrected chi connectivity index (χ0v) is 18.0. The maximum atomic E-state index is 12.3. The van der Waals surface area contributed by atoms with Crippen LogP contribution in [0.4, 0.5) is 5.69 Å². The second kappa shape index (κ2) is 9.36. The molecule has 0 aliphatic carbocycles. The highest BCUT2D eigenvalue weighted by Crippen LogP contribution is 2.22. The third kappa shape index (κ3) is 5.21. The third-order valence-electron chi connectivity index (χ3n) is 4.11. The maximum absolute atomic E-state index is 12.3. The van der Waals surface area contributed by atoms with Gasteiger partial charge in [-0.2, -0.15) is 5.10 Å². The summed E-state index contributed by atoms with van der Waals surface area (Å²) < 4.78 is 27.3. The zero-order chi connectivity index (χ0) is 20.9. The van der Waals surface area contributed by atoms with Gasteiger partial charge in [0.2, 0.25) is 15.9 Å². The van der Waals surface area contributed by atoms with Gasteiger partial charge in [-0.25, -0.2) is 12.7 Å². The third-order valence-corrected chi connectivity index (χ3v) is 6.32. The number of aromatic nitrogens is 2. The Hall–Kier alpha value is -2.16. The summed E-state index contributed by atoms with van der Waals surface area (Å²) >= 11 is 6.36. The lowest BCUT2D eigenvalue weighted by atomic mass is 10.2. The number of rotatable bonds is 8. The van der Waals surface area contributed by atoms with E-state index < -0.39 is 15.9 Å². The van der Waals surface area contributed by atoms with Gasteiger partial charge in [-0.3, -0.25) is 9.48 Å². The molecule has 0 atom stereocenters. The molecular weight excluding hydrogens is 400 g/mol. The standard InChI is InChI=1S/C19H25ClN4O3S/c1-5-6-12-24-19(20)17(14(2)22-24)10-11-18(25)21-15-8-7-9-16(13-15)28(26,27)23(3)4/h7-11,13H,5-6,12H2,1-4H3,(H,21,25). The number of hydrogen-bond acceptors (Lipinski definition) is 4. The van der Waals surface area contributed by atoms with Crippen LogP contribution in [-0.2, 0) is 21.4 Å². The minimum atomic E-state index is -3.57. The molecular formula is C19H25ClN4O3S. The molecule has 0 saturated heterocycles. The van der Waals surface area contributed by atoms with E-state index in [9.17, 15) is 13.2 Å². The lowest BCUT2D eigenvalue weighted by molar-refractivity contribution is -0.111. The molecule has 1 N–H and O–H groups in total. The van der Waals surface area contributed by atoms with Gasteiger partial charge in [0.1, 0.15) is 5.15 Å². The summed E-state index contributed by atoms with van der Waals surface area (Å²) in [4.78, 5) is 12.4. The number of sulfonamides is 1. The summed E-state index contributed by atoms with van der Waals surface area (Å²) in [7, 11) is -0.662. The Bertz CT molecular complexity index is 981. The van der Waals surface area contributed by atoms with Crippen molar-refractivity contribution < 1.29 is 13.2 Å². The van der Waals surface area contributed by atoms with Crippen molar-refractivity contribution in [3.8, 4) is 0 Å². The van der Waals surface area contributed by atoms with E-state index in [1.54, 1.807) is 22.9 Å². The van der Waals surface area contributed by atoms with Crippen molar-refractivity contribution in [2.75, 3.05) is 19.4 Å². The highest BCUT2D eigenvalue weighted by Gasteiger charge is 2.17. The molecule has 1 aromatic carbocycles. The number of carbonyl (C=O) groups is 1. The van der Waals surface area contributed by atoms with Crippen LogP contribution in [0.25, 0.3) is 6.08 Å². The quantitative estimate of drug-likeness (QED) is 0.657. The fourth-order valence-corrected chi connectivity index (χ4v) is 3.77. The molecule has 1 aromatic heterocycles. The first kappa shape index (κ1) is 22.1. The molecule has 0 aliphatic rings. The smallest absolute Gasteiger partial charge is 0.248 e. The van der Waals surface area contributed by atoms with Gasteiger partial charge >= 0.3 is 0 Å². The van der Waals surface area contributed by atoms with Crippen molar-refractivity contribution in [3.05, 3.63) is 46.8 Å². The lowest BCUT2D eigenvalue weighted by Gasteiger charge is -2.12. The number of nitrogens with zero attached hydrogens (tertiary/aromatic N) is 3. The molecule has 2 rings (SSSR count). The molecule has 0 radical (unpaired) electrons. The molecule has 2 aromatic rings. The van der Waals surface area contributed by atoms with Crippen LogP contribution in [0.5, 0.6) is 0 Å². The maximum Gasteiger partial charge on any atom is 0.248 e. The largest absolute Gasteiger partial charge is 0.322 e. The van der Waals surface area contributed by atoms with Gasteiger partial charge in [0.05, 0.1) is 10.6 Å². The van der Waals surface area contributed by atoms with Gasteiger partial charge in [0.25, 0.3) is 0 Å². The summed E-state index contributed by atoms with van der Waals surface area (Å²) in [5.74, 6) is -0.392. The Morgan fingerprint density at radius 3 is 2.71 bits per heavy atom. The van der Waals surface area contributed by atoms with Crippen LogP contribution in [0.1, 0.15) is 31.0 Å². The average molecular weight is 425 g/mol. The molecule has 0 saturated carbocycles. The summed E-state index contributed by atoms with van der Waals surface area (Å²) in [6.07, 6.45) is 4.97. The Balaban J connectivity index is 2.14. The molecule has 0 fully saturated rings. The average Bonchev–Trinajstić information content (AvgIpc) is 2.91. The van der Waals surface area contributed by atoms with Crippen LogP contribution >= 0.6 is 11.6 Å². The van der Waals surface area contributed by atoms with E-state index in [0.717, 1.165) is 29.4 Å². The van der Waals surface area contributed by atoms with E-state index in [2.05, 4.69) is 17.3 Å². The van der Waals surface area contributed by atoms with Crippen LogP contribution in [0.3, 0.4) is 0 Å². The monoisotopic (exact) mass is 424 g/mol. The fraction of sp³-hybridized carbons (Fsp3) is 0.368. The zero-order valence-electron chi connectivity index (χ0n) is 16.4. The lowest BCUT2D eigenvalue weighted by Crippen LogP contribution is -2.22. The molecule has 28 heavy (non-hydrogen) atoms. The number of amides is 1. The predicted molar refractivity (Wildman–Crippen MR) is 112 cm³/mol. The molecule has 0 unspecified atom stereocenters. The predicted octanol–water partition coefficient (Wildman–Crippen LogP) is 3.55. The van der Waals surface area contributed by atoms with E-state index in [-0.39, 0.29) is 4.90 Å². The normalized spacial score (nSPS) is 12.1. The molecule has 7 nitrogen and oxygen atoms in total. The molecule has 0 bridgehead atoms. The van der Waals surface area contributed by atoms with Crippen LogP contribution < -0.4 is 5.32 Å². The van der Waals surface area contributed by atoms with Crippen molar-refractivity contribution in [2.24, 2.45) is 0 Å². The van der Waals surface area contributed by atoms with Gasteiger partial charge in [0, 0.05) is 38.0 Å². The first-order valence-electron chi connectivity index (χ1n) is 8.91. The second-order valence-electron chi connectivity index (χ2n) is 6.50. The molecule has 1 heterocycles. The van der Waals surface area contributed by atoms with E-state index in [0.29, 0.717) is 16.4 Å². The summed E-state index contributed by atoms with van der Waals surface area (Å²) in [6, 6.07) is 6.10. The van der Waals surface area contributed by atoms with Crippen molar-refractivity contribution >= 4 is 39.3 Å². The highest BCUT2D eigenvalue weighted by atomic mass is 35.5. The van der Waals surface area contributed by atoms with Crippen molar-refractivity contribution in [3.63, 3.8) is 0 Å². The number of nitrogens with one attached hydrogen (secondary N) is 1. The number of halogens is 1. The number of aryl methyl sites for hydroxylation is 2. The van der Waals surface area contributed by atoms with E-state index in [4.69, 9.17) is 11.6 Å². The van der Waals surface area contributed by atoms with E-state index >= 15 is 0 Å². The van der Waals surface area contributed by atoms with Crippen molar-refractivity contribution in [2.45, 2.75) is 38.1 Å². The number of unbranched alkanes of at least 4 members (excludes halogenated alkanes) is 1. The van der Waals surface area contributed by atoms with E-state index in [1.807, 2.05) is 6.92 Å². The molecule has 0 aliphatic heterocycles. The van der Waals surface area contributed by atoms with Gasteiger partial charge in [0.15, 0.2) is 0 Å². The van der Waals surface area contributed by atoms with Crippen LogP contribution in [0, 0.1) is 6.92 Å². The number of carbonyl (C=O) groups excluding carboxylic acids is 1. The minimum Gasteiger partial charge on any atom is -0.322 e. The van der Waals surface area contributed by atoms with Gasteiger partial charge in [-0.1, -0.05) is 31.0 Å². The molecule has 9 heteroatoms. The number of anilines is 1. The Morgan fingerprint density at radius 2 is 2.07 bits per heavy atom. The topological polar surface area (TPSA) is 84.3 Å². The van der Waals surface area contributed by atoms with Crippen LogP contribution in [0.15, 0.2) is 35.2 Å². The SMILES string of the molecule is CCCCn1nc(C)c(C=CC(=O)Nc2cccc(S(=O)(=O)N(C)C)c2)c1Cl. The van der Waals surface area contributed by atoms with Crippen molar-refractivity contribution in [1.82, 2.24) is 14.1 Å². The minimum absolute atomic E-state index is 0.107. The van der Waals surface area contributed by atoms with E-state index in [1.165, 1.54) is 32.3 Å². The molecule has 0 spiro atoms. The number of benzene rings is 1. The Morgan fingerprint density at radius 1 is 1.36 bits per heavy atom. The number of hydrogen-bond donors (Lipinski definition) is 1. The first-order valence-corrected chi connectivity index (χ1v) is 10.7. The van der Waals surface area contributed by atoms with Crippen molar-refractivity contribution in [1.29, 1.82) is 0 Å². The van der Waals surface area contributed by atoms with Gasteiger partial charge in [-0.05, 0) is 37.6 Å². The Kier molecular flexibility index (Phi) is 7.40.